The molecule has 174 valence electrons. The SMILES string of the molecule is Nc1cccc(C(=O)CN(CCOc2ccc3c(c2)[nH]c2ccccc23)C(=O)c2ccccc2)c1. The van der Waals surface area contributed by atoms with E-state index in [-0.39, 0.29) is 31.4 Å². The van der Waals surface area contributed by atoms with Gasteiger partial charge in [-0.05, 0) is 42.5 Å². The number of amides is 1. The summed E-state index contributed by atoms with van der Waals surface area (Å²) >= 11 is 0. The van der Waals surface area contributed by atoms with Crippen LogP contribution < -0.4 is 10.5 Å². The lowest BCUT2D eigenvalue weighted by Gasteiger charge is -2.22. The van der Waals surface area contributed by atoms with E-state index in [1.54, 1.807) is 48.5 Å². The van der Waals surface area contributed by atoms with Crippen LogP contribution in [-0.4, -0.2) is 41.3 Å². The van der Waals surface area contributed by atoms with Crippen LogP contribution in [-0.2, 0) is 0 Å². The lowest BCUT2D eigenvalue weighted by Crippen LogP contribution is -2.38. The average molecular weight is 464 g/mol. The zero-order valence-electron chi connectivity index (χ0n) is 19.1. The molecule has 1 heterocycles. The van der Waals surface area contributed by atoms with Crippen LogP contribution in [0.25, 0.3) is 21.8 Å². The Balaban J connectivity index is 1.31. The van der Waals surface area contributed by atoms with Crippen LogP contribution in [0, 0.1) is 0 Å². The molecule has 1 amide bonds. The van der Waals surface area contributed by atoms with Crippen molar-refractivity contribution in [1.82, 2.24) is 9.88 Å². The van der Waals surface area contributed by atoms with Gasteiger partial charge in [0.2, 0.25) is 0 Å². The number of ether oxygens (including phenoxy) is 1. The number of carbonyl (C=O) groups is 2. The normalized spacial score (nSPS) is 11.0. The second-order valence-electron chi connectivity index (χ2n) is 8.37. The molecule has 0 aliphatic carbocycles. The van der Waals surface area contributed by atoms with Gasteiger partial charge in [-0.2, -0.15) is 0 Å². The van der Waals surface area contributed by atoms with Crippen LogP contribution in [0.15, 0.2) is 97.1 Å². The smallest absolute Gasteiger partial charge is 0.254 e. The topological polar surface area (TPSA) is 88.4 Å². The molecule has 0 saturated carbocycles. The molecule has 5 aromatic rings. The minimum atomic E-state index is -0.225. The zero-order chi connectivity index (χ0) is 24.2. The number of anilines is 1. The Morgan fingerprint density at radius 2 is 1.51 bits per heavy atom. The van der Waals surface area contributed by atoms with Gasteiger partial charge in [-0.3, -0.25) is 9.59 Å². The predicted octanol–water partition coefficient (Wildman–Crippen LogP) is 5.31. The van der Waals surface area contributed by atoms with Crippen molar-refractivity contribution in [3.8, 4) is 5.75 Å². The molecule has 0 fully saturated rings. The molecule has 6 heteroatoms. The van der Waals surface area contributed by atoms with E-state index in [1.165, 1.54) is 4.90 Å². The number of para-hydroxylation sites is 1. The Labute approximate surface area is 202 Å². The molecule has 1 aromatic heterocycles. The van der Waals surface area contributed by atoms with Crippen molar-refractivity contribution in [2.24, 2.45) is 0 Å². The molecule has 3 N–H and O–H groups in total. The van der Waals surface area contributed by atoms with Crippen molar-refractivity contribution in [2.75, 3.05) is 25.4 Å². The highest BCUT2D eigenvalue weighted by atomic mass is 16.5. The van der Waals surface area contributed by atoms with E-state index >= 15 is 0 Å². The van der Waals surface area contributed by atoms with E-state index in [0.717, 1.165) is 21.8 Å². The van der Waals surface area contributed by atoms with E-state index < -0.39 is 0 Å². The van der Waals surface area contributed by atoms with Crippen molar-refractivity contribution in [3.63, 3.8) is 0 Å². The Hall–Kier alpha value is -4.58. The number of H-pyrrole nitrogens is 1. The number of Topliss-reactive ketones (excluding diaryl/α,β-unsaturated/α-hetero) is 1. The summed E-state index contributed by atoms with van der Waals surface area (Å²) in [5.41, 5.74) is 9.39. The maximum absolute atomic E-state index is 13.2. The molecule has 5 rings (SSSR count). The summed E-state index contributed by atoms with van der Waals surface area (Å²) in [7, 11) is 0. The molecule has 0 unspecified atom stereocenters. The number of nitrogens with two attached hydrogens (primary N) is 1. The second-order valence-corrected chi connectivity index (χ2v) is 8.37. The number of nitrogens with zero attached hydrogens (tertiary/aromatic N) is 1. The average Bonchev–Trinajstić information content (AvgIpc) is 3.26. The number of ketones is 1. The number of hydrogen-bond acceptors (Lipinski definition) is 4. The van der Waals surface area contributed by atoms with Crippen molar-refractivity contribution in [2.45, 2.75) is 0 Å². The molecule has 4 aromatic carbocycles. The first-order valence-corrected chi connectivity index (χ1v) is 11.4. The number of fused-ring (bicyclic) bond motifs is 3. The van der Waals surface area contributed by atoms with Crippen molar-refractivity contribution >= 4 is 39.2 Å². The Morgan fingerprint density at radius 3 is 2.34 bits per heavy atom. The summed E-state index contributed by atoms with van der Waals surface area (Å²) in [5.74, 6) is 0.289. The number of benzene rings is 4. The van der Waals surface area contributed by atoms with Gasteiger partial charge < -0.3 is 20.4 Å². The fourth-order valence-corrected chi connectivity index (χ4v) is 4.19. The summed E-state index contributed by atoms with van der Waals surface area (Å²) in [5, 5.41) is 2.29. The molecule has 0 atom stereocenters. The molecule has 6 nitrogen and oxygen atoms in total. The first-order valence-electron chi connectivity index (χ1n) is 11.4. The third-order valence-electron chi connectivity index (χ3n) is 5.96. The number of aromatic nitrogens is 1. The van der Waals surface area contributed by atoms with Gasteiger partial charge in [0.15, 0.2) is 5.78 Å². The summed E-state index contributed by atoms with van der Waals surface area (Å²) in [6.07, 6.45) is 0. The summed E-state index contributed by atoms with van der Waals surface area (Å²) in [4.78, 5) is 31.0. The first kappa shape index (κ1) is 22.2. The first-order chi connectivity index (χ1) is 17.1. The lowest BCUT2D eigenvalue weighted by atomic mass is 10.1. The molecule has 35 heavy (non-hydrogen) atoms. The van der Waals surface area contributed by atoms with Crippen molar-refractivity contribution in [1.29, 1.82) is 0 Å². The molecule has 0 bridgehead atoms. The third kappa shape index (κ3) is 4.87. The quantitative estimate of drug-likeness (QED) is 0.241. The van der Waals surface area contributed by atoms with Gasteiger partial charge in [-0.1, -0.05) is 48.5 Å². The lowest BCUT2D eigenvalue weighted by molar-refractivity contribution is 0.0686. The van der Waals surface area contributed by atoms with Gasteiger partial charge in [0.05, 0.1) is 18.6 Å². The van der Waals surface area contributed by atoms with Crippen molar-refractivity contribution in [3.05, 3.63) is 108 Å². The second kappa shape index (κ2) is 9.73. The zero-order valence-corrected chi connectivity index (χ0v) is 19.1. The summed E-state index contributed by atoms with van der Waals surface area (Å²) < 4.78 is 5.99. The predicted molar refractivity (Wildman–Crippen MR) is 139 cm³/mol. The number of nitrogen functional groups attached to an aromatic ring is 1. The number of rotatable bonds is 8. The van der Waals surface area contributed by atoms with E-state index in [0.29, 0.717) is 22.6 Å². The Morgan fingerprint density at radius 1 is 0.771 bits per heavy atom. The minimum Gasteiger partial charge on any atom is -0.492 e. The van der Waals surface area contributed by atoms with Crippen LogP contribution in [0.2, 0.25) is 0 Å². The summed E-state index contributed by atoms with van der Waals surface area (Å²) in [6.45, 7) is 0.433. The molecule has 0 aliphatic rings. The van der Waals surface area contributed by atoms with Crippen LogP contribution in [0.1, 0.15) is 20.7 Å². The van der Waals surface area contributed by atoms with Crippen molar-refractivity contribution < 1.29 is 14.3 Å². The highest BCUT2D eigenvalue weighted by molar-refractivity contribution is 6.07. The maximum Gasteiger partial charge on any atom is 0.254 e. The highest BCUT2D eigenvalue weighted by Crippen LogP contribution is 2.28. The molecule has 0 saturated heterocycles. The van der Waals surface area contributed by atoms with Crippen LogP contribution in [0.5, 0.6) is 5.75 Å². The molecular formula is C29H25N3O3. The fraction of sp³-hybridized carbons (Fsp3) is 0.103. The molecular weight excluding hydrogens is 438 g/mol. The maximum atomic E-state index is 13.2. The van der Waals surface area contributed by atoms with Gasteiger partial charge in [0.25, 0.3) is 5.91 Å². The third-order valence-corrected chi connectivity index (χ3v) is 5.96. The van der Waals surface area contributed by atoms with Crippen LogP contribution in [0.3, 0.4) is 0 Å². The number of hydrogen-bond donors (Lipinski definition) is 2. The van der Waals surface area contributed by atoms with Gasteiger partial charge in [0.1, 0.15) is 12.4 Å². The molecule has 0 aliphatic heterocycles. The van der Waals surface area contributed by atoms with E-state index in [9.17, 15) is 9.59 Å². The van der Waals surface area contributed by atoms with Gasteiger partial charge in [-0.15, -0.1) is 0 Å². The van der Waals surface area contributed by atoms with E-state index in [1.807, 2.05) is 42.5 Å². The van der Waals surface area contributed by atoms with Gasteiger partial charge in [-0.25, -0.2) is 0 Å². The van der Waals surface area contributed by atoms with Gasteiger partial charge >= 0.3 is 0 Å². The van der Waals surface area contributed by atoms with Crippen LogP contribution >= 0.6 is 0 Å². The number of nitrogens with one attached hydrogen (secondary N) is 1. The number of carbonyl (C=O) groups excluding carboxylic acids is 2. The van der Waals surface area contributed by atoms with E-state index in [4.69, 9.17) is 10.5 Å². The minimum absolute atomic E-state index is 0.0679. The van der Waals surface area contributed by atoms with E-state index in [2.05, 4.69) is 11.1 Å². The monoisotopic (exact) mass is 463 g/mol. The Bertz CT molecular complexity index is 1510. The van der Waals surface area contributed by atoms with Crippen LogP contribution in [0.4, 0.5) is 5.69 Å². The largest absolute Gasteiger partial charge is 0.492 e. The molecule has 0 radical (unpaired) electrons. The highest BCUT2D eigenvalue weighted by Gasteiger charge is 2.20. The Kier molecular flexibility index (Phi) is 6.18. The standard InChI is InChI=1S/C29H25N3O3/c30-22-10-6-9-21(17-22)28(33)19-32(29(34)20-7-2-1-3-8-20)15-16-35-23-13-14-25-24-11-4-5-12-26(24)31-27(25)18-23/h1-14,17-18,31H,15-16,19,30H2. The summed E-state index contributed by atoms with van der Waals surface area (Å²) in [6, 6.07) is 29.8. The number of aromatic amines is 1. The van der Waals surface area contributed by atoms with Gasteiger partial charge in [0, 0.05) is 39.2 Å². The molecule has 0 spiro atoms. The fourth-order valence-electron chi connectivity index (χ4n) is 4.19.